The minimum absolute atomic E-state index is 0.0732. The summed E-state index contributed by atoms with van der Waals surface area (Å²) in [5, 5.41) is 3.23. The van der Waals surface area contributed by atoms with E-state index >= 15 is 0 Å². The highest BCUT2D eigenvalue weighted by Gasteiger charge is 2.17. The lowest BCUT2D eigenvalue weighted by Gasteiger charge is -2.16. The summed E-state index contributed by atoms with van der Waals surface area (Å²) in [5.74, 6) is 0.556. The van der Waals surface area contributed by atoms with E-state index < -0.39 is 6.10 Å². The molecule has 0 bridgehead atoms. The highest BCUT2D eigenvalue weighted by molar-refractivity contribution is 6.31. The predicted molar refractivity (Wildman–Crippen MR) is 113 cm³/mol. The number of carbonyl (C=O) groups is 2. The fourth-order valence-electron chi connectivity index (χ4n) is 2.71. The lowest BCUT2D eigenvalue weighted by atomic mass is 10.0. The van der Waals surface area contributed by atoms with Crippen molar-refractivity contribution in [3.8, 4) is 11.5 Å². The molecular weight excluding hydrogens is 390 g/mol. The Hall–Kier alpha value is -3.31. The van der Waals surface area contributed by atoms with Gasteiger partial charge in [-0.2, -0.15) is 0 Å². The molecule has 0 aromatic heterocycles. The molecule has 1 atom stereocenters. The number of halogens is 1. The molecule has 3 rings (SSSR count). The minimum atomic E-state index is -0.769. The van der Waals surface area contributed by atoms with E-state index in [-0.39, 0.29) is 11.7 Å². The van der Waals surface area contributed by atoms with Gasteiger partial charge >= 0.3 is 0 Å². The predicted octanol–water partition coefficient (Wildman–Crippen LogP) is 4.99. The zero-order valence-corrected chi connectivity index (χ0v) is 16.8. The monoisotopic (exact) mass is 409 g/mol. The second-order valence-electron chi connectivity index (χ2n) is 6.31. The van der Waals surface area contributed by atoms with Gasteiger partial charge < -0.3 is 14.8 Å². The molecule has 3 aromatic rings. The van der Waals surface area contributed by atoms with Gasteiger partial charge in [-0.15, -0.1) is 0 Å². The van der Waals surface area contributed by atoms with Crippen LogP contribution in [-0.4, -0.2) is 24.9 Å². The van der Waals surface area contributed by atoms with E-state index in [1.807, 2.05) is 18.2 Å². The van der Waals surface area contributed by atoms with Crippen LogP contribution in [0.25, 0.3) is 0 Å². The summed E-state index contributed by atoms with van der Waals surface area (Å²) in [6, 6.07) is 20.7. The Morgan fingerprint density at radius 1 is 0.931 bits per heavy atom. The van der Waals surface area contributed by atoms with Crippen LogP contribution in [0.1, 0.15) is 22.8 Å². The van der Waals surface area contributed by atoms with Gasteiger partial charge in [0, 0.05) is 16.1 Å². The summed E-state index contributed by atoms with van der Waals surface area (Å²) in [7, 11) is 1.51. The number of rotatable bonds is 7. The van der Waals surface area contributed by atoms with E-state index in [0.29, 0.717) is 33.3 Å². The van der Waals surface area contributed by atoms with Crippen LogP contribution in [0.3, 0.4) is 0 Å². The Morgan fingerprint density at radius 2 is 1.59 bits per heavy atom. The van der Waals surface area contributed by atoms with Gasteiger partial charge in [-0.3, -0.25) is 9.59 Å². The topological polar surface area (TPSA) is 64.6 Å². The van der Waals surface area contributed by atoms with Crippen molar-refractivity contribution in [1.29, 1.82) is 0 Å². The van der Waals surface area contributed by atoms with Gasteiger partial charge in [0.2, 0.25) is 0 Å². The van der Waals surface area contributed by atoms with E-state index in [0.717, 1.165) is 0 Å². The van der Waals surface area contributed by atoms with Crippen LogP contribution in [0.4, 0.5) is 5.69 Å². The van der Waals surface area contributed by atoms with Crippen molar-refractivity contribution < 1.29 is 19.1 Å². The van der Waals surface area contributed by atoms with Crippen molar-refractivity contribution in [1.82, 2.24) is 0 Å². The van der Waals surface area contributed by atoms with Crippen molar-refractivity contribution in [3.05, 3.63) is 88.9 Å². The van der Waals surface area contributed by atoms with Gasteiger partial charge in [-0.1, -0.05) is 41.9 Å². The van der Waals surface area contributed by atoms with E-state index in [4.69, 9.17) is 21.1 Å². The molecular formula is C23H20ClNO4. The molecule has 0 fully saturated rings. The molecule has 1 amide bonds. The third-order valence-electron chi connectivity index (χ3n) is 4.25. The van der Waals surface area contributed by atoms with Gasteiger partial charge in [0.1, 0.15) is 11.5 Å². The zero-order chi connectivity index (χ0) is 20.8. The van der Waals surface area contributed by atoms with Crippen LogP contribution in [0, 0.1) is 0 Å². The summed E-state index contributed by atoms with van der Waals surface area (Å²) in [4.78, 5) is 24.9. The first-order chi connectivity index (χ1) is 14.0. The summed E-state index contributed by atoms with van der Waals surface area (Å²) < 4.78 is 10.9. The quantitative estimate of drug-likeness (QED) is 0.558. The number of methoxy groups -OCH3 is 1. The fourth-order valence-corrected chi connectivity index (χ4v) is 2.88. The summed E-state index contributed by atoms with van der Waals surface area (Å²) in [6.07, 6.45) is -0.769. The number of anilines is 1. The second-order valence-corrected chi connectivity index (χ2v) is 6.75. The largest absolute Gasteiger partial charge is 0.495 e. The van der Waals surface area contributed by atoms with Gasteiger partial charge in [-0.05, 0) is 49.4 Å². The molecule has 0 heterocycles. The second kappa shape index (κ2) is 9.26. The Morgan fingerprint density at radius 3 is 2.24 bits per heavy atom. The third kappa shape index (κ3) is 5.15. The van der Waals surface area contributed by atoms with Crippen LogP contribution >= 0.6 is 11.6 Å². The van der Waals surface area contributed by atoms with E-state index in [2.05, 4.69) is 5.32 Å². The highest BCUT2D eigenvalue weighted by Crippen LogP contribution is 2.28. The Kier molecular flexibility index (Phi) is 6.52. The number of nitrogens with one attached hydrogen (secondary N) is 1. The maximum Gasteiger partial charge on any atom is 0.265 e. The average Bonchev–Trinajstić information content (AvgIpc) is 2.74. The van der Waals surface area contributed by atoms with E-state index in [1.54, 1.807) is 61.5 Å². The molecule has 0 spiro atoms. The van der Waals surface area contributed by atoms with Gasteiger partial charge in [-0.25, -0.2) is 0 Å². The third-order valence-corrected chi connectivity index (χ3v) is 4.49. The first-order valence-electron chi connectivity index (χ1n) is 8.99. The summed E-state index contributed by atoms with van der Waals surface area (Å²) in [5.41, 5.74) is 1.62. The van der Waals surface area contributed by atoms with Crippen LogP contribution in [0.2, 0.25) is 5.02 Å². The first-order valence-corrected chi connectivity index (χ1v) is 9.36. The number of hydrogen-bond acceptors (Lipinski definition) is 4. The van der Waals surface area contributed by atoms with E-state index in [1.165, 1.54) is 7.11 Å². The fraction of sp³-hybridized carbons (Fsp3) is 0.130. The van der Waals surface area contributed by atoms with Crippen molar-refractivity contribution in [2.45, 2.75) is 13.0 Å². The molecule has 0 saturated heterocycles. The normalized spacial score (nSPS) is 11.4. The van der Waals surface area contributed by atoms with Crippen molar-refractivity contribution in [2.75, 3.05) is 12.4 Å². The molecule has 0 aliphatic carbocycles. The molecule has 148 valence electrons. The molecule has 5 nitrogen and oxygen atoms in total. The Bertz CT molecular complexity index is 1000. The van der Waals surface area contributed by atoms with Gasteiger partial charge in [0.15, 0.2) is 11.9 Å². The number of carbonyl (C=O) groups excluding carboxylic acids is 2. The Labute approximate surface area is 174 Å². The van der Waals surface area contributed by atoms with Crippen molar-refractivity contribution in [3.63, 3.8) is 0 Å². The molecule has 1 N–H and O–H groups in total. The minimum Gasteiger partial charge on any atom is -0.495 e. The maximum atomic E-state index is 12.5. The lowest BCUT2D eigenvalue weighted by Crippen LogP contribution is -2.30. The first kappa shape index (κ1) is 20.4. The number of ether oxygens (including phenoxy) is 2. The van der Waals surface area contributed by atoms with Crippen LogP contribution < -0.4 is 14.8 Å². The molecule has 0 saturated carbocycles. The zero-order valence-electron chi connectivity index (χ0n) is 16.0. The van der Waals surface area contributed by atoms with Gasteiger partial charge in [0.25, 0.3) is 5.91 Å². The highest BCUT2D eigenvalue weighted by atomic mass is 35.5. The standard InChI is InChI=1S/C23H20ClNO4/c1-15(23(27)25-20-14-18(24)10-13-21(20)28-2)29-19-11-8-17(9-12-19)22(26)16-6-4-3-5-7-16/h3-15H,1-2H3,(H,25,27)/t15-/m1/s1. The number of benzene rings is 3. The van der Waals surface area contributed by atoms with Crippen LogP contribution in [0.15, 0.2) is 72.8 Å². The smallest absolute Gasteiger partial charge is 0.265 e. The molecule has 3 aromatic carbocycles. The summed E-state index contributed by atoms with van der Waals surface area (Å²) in [6.45, 7) is 1.63. The molecule has 0 aliphatic rings. The number of amides is 1. The molecule has 0 unspecified atom stereocenters. The maximum absolute atomic E-state index is 12.5. The molecule has 0 radical (unpaired) electrons. The van der Waals surface area contributed by atoms with Crippen LogP contribution in [0.5, 0.6) is 11.5 Å². The average molecular weight is 410 g/mol. The number of ketones is 1. The summed E-state index contributed by atoms with van der Waals surface area (Å²) >= 11 is 5.99. The SMILES string of the molecule is COc1ccc(Cl)cc1NC(=O)[C@@H](C)Oc1ccc(C(=O)c2ccccc2)cc1. The lowest BCUT2D eigenvalue weighted by molar-refractivity contribution is -0.122. The molecule has 6 heteroatoms. The van der Waals surface area contributed by atoms with Crippen molar-refractivity contribution >= 4 is 29.0 Å². The van der Waals surface area contributed by atoms with Gasteiger partial charge in [0.05, 0.1) is 12.8 Å². The Balaban J connectivity index is 1.65. The molecule has 0 aliphatic heterocycles. The number of hydrogen-bond donors (Lipinski definition) is 1. The molecule has 29 heavy (non-hydrogen) atoms. The van der Waals surface area contributed by atoms with Crippen LogP contribution in [-0.2, 0) is 4.79 Å². The van der Waals surface area contributed by atoms with E-state index in [9.17, 15) is 9.59 Å². The van der Waals surface area contributed by atoms with Crippen molar-refractivity contribution in [2.24, 2.45) is 0 Å².